The molecule has 1 aliphatic carbocycles. The Kier molecular flexibility index (Phi) is 3.72. The molecular formula is C15H23NO. The van der Waals surface area contributed by atoms with Gasteiger partial charge in [-0.2, -0.15) is 0 Å². The van der Waals surface area contributed by atoms with Crippen molar-refractivity contribution in [1.29, 1.82) is 0 Å². The Labute approximate surface area is 104 Å². The van der Waals surface area contributed by atoms with Crippen LogP contribution in [-0.2, 0) is 11.8 Å². The monoisotopic (exact) mass is 233 g/mol. The minimum absolute atomic E-state index is 0.163. The minimum atomic E-state index is 0.163. The van der Waals surface area contributed by atoms with Crippen LogP contribution in [0.1, 0.15) is 43.7 Å². The first-order valence-corrected chi connectivity index (χ1v) is 6.63. The molecule has 2 nitrogen and oxygen atoms in total. The lowest BCUT2D eigenvalue weighted by molar-refractivity contribution is 0.377. The fourth-order valence-electron chi connectivity index (χ4n) is 3.02. The van der Waals surface area contributed by atoms with Gasteiger partial charge in [-0.05, 0) is 30.9 Å². The zero-order chi connectivity index (χ0) is 12.3. The van der Waals surface area contributed by atoms with Crippen molar-refractivity contribution in [2.75, 3.05) is 13.7 Å². The maximum Gasteiger partial charge on any atom is 0.122 e. The van der Waals surface area contributed by atoms with Gasteiger partial charge in [-0.25, -0.2) is 0 Å². The summed E-state index contributed by atoms with van der Waals surface area (Å²) in [6, 6.07) is 6.56. The number of hydrogen-bond donors (Lipinski definition) is 1. The summed E-state index contributed by atoms with van der Waals surface area (Å²) < 4.78 is 5.53. The summed E-state index contributed by atoms with van der Waals surface area (Å²) in [5.74, 6) is 1.01. The molecule has 1 aromatic rings. The third kappa shape index (κ3) is 2.19. The normalized spacial score (nSPS) is 18.3. The van der Waals surface area contributed by atoms with E-state index in [-0.39, 0.29) is 5.41 Å². The third-order valence-electron chi connectivity index (χ3n) is 4.19. The van der Waals surface area contributed by atoms with Crippen molar-refractivity contribution in [2.45, 2.75) is 44.4 Å². The first-order chi connectivity index (χ1) is 8.25. The van der Waals surface area contributed by atoms with E-state index in [0.29, 0.717) is 0 Å². The van der Waals surface area contributed by atoms with Crippen molar-refractivity contribution in [3.05, 3.63) is 29.3 Å². The molecule has 0 spiro atoms. The molecule has 2 heteroatoms. The summed E-state index contributed by atoms with van der Waals surface area (Å²) >= 11 is 0. The lowest BCUT2D eigenvalue weighted by Crippen LogP contribution is -2.32. The van der Waals surface area contributed by atoms with Crippen molar-refractivity contribution in [2.24, 2.45) is 5.73 Å². The molecule has 0 aliphatic heterocycles. The Morgan fingerprint density at radius 1 is 1.29 bits per heavy atom. The second kappa shape index (κ2) is 5.09. The van der Waals surface area contributed by atoms with E-state index in [0.717, 1.165) is 18.7 Å². The first kappa shape index (κ1) is 12.4. The van der Waals surface area contributed by atoms with Gasteiger partial charge in [0.2, 0.25) is 0 Å². The Bertz CT molecular complexity index is 381. The van der Waals surface area contributed by atoms with Crippen molar-refractivity contribution >= 4 is 0 Å². The molecule has 0 atom stereocenters. The Morgan fingerprint density at radius 3 is 2.53 bits per heavy atom. The van der Waals surface area contributed by atoms with E-state index in [2.05, 4.69) is 25.1 Å². The molecule has 0 amide bonds. The molecule has 2 N–H and O–H groups in total. The smallest absolute Gasteiger partial charge is 0.122 e. The second-order valence-electron chi connectivity index (χ2n) is 5.08. The lowest BCUT2D eigenvalue weighted by atomic mass is 9.78. The fraction of sp³-hybridized carbons (Fsp3) is 0.600. The van der Waals surface area contributed by atoms with E-state index in [4.69, 9.17) is 10.5 Å². The van der Waals surface area contributed by atoms with Crippen molar-refractivity contribution in [3.8, 4) is 5.75 Å². The van der Waals surface area contributed by atoms with Crippen LogP contribution in [0.3, 0.4) is 0 Å². The van der Waals surface area contributed by atoms with Gasteiger partial charge in [-0.1, -0.05) is 31.9 Å². The highest BCUT2D eigenvalue weighted by Crippen LogP contribution is 2.44. The number of methoxy groups -OCH3 is 1. The van der Waals surface area contributed by atoms with Crippen molar-refractivity contribution in [3.63, 3.8) is 0 Å². The molecule has 1 fully saturated rings. The average molecular weight is 233 g/mol. The molecule has 2 rings (SSSR count). The summed E-state index contributed by atoms with van der Waals surface area (Å²) in [4.78, 5) is 0. The summed E-state index contributed by atoms with van der Waals surface area (Å²) in [7, 11) is 1.75. The van der Waals surface area contributed by atoms with Crippen LogP contribution in [0.25, 0.3) is 0 Å². The highest BCUT2D eigenvalue weighted by Gasteiger charge is 2.36. The Balaban J connectivity index is 2.46. The highest BCUT2D eigenvalue weighted by molar-refractivity contribution is 5.43. The molecule has 94 valence electrons. The van der Waals surface area contributed by atoms with Crippen LogP contribution in [-0.4, -0.2) is 13.7 Å². The number of hydrogen-bond acceptors (Lipinski definition) is 2. The van der Waals surface area contributed by atoms with Crippen LogP contribution in [0.5, 0.6) is 5.75 Å². The van der Waals surface area contributed by atoms with Gasteiger partial charge in [0.15, 0.2) is 0 Å². The highest BCUT2D eigenvalue weighted by atomic mass is 16.5. The number of rotatable bonds is 4. The van der Waals surface area contributed by atoms with E-state index in [1.54, 1.807) is 7.11 Å². The molecule has 1 aliphatic rings. The third-order valence-corrected chi connectivity index (χ3v) is 4.19. The van der Waals surface area contributed by atoms with Crippen LogP contribution in [0.4, 0.5) is 0 Å². The quantitative estimate of drug-likeness (QED) is 0.867. The predicted molar refractivity (Wildman–Crippen MR) is 71.6 cm³/mol. The fourth-order valence-corrected chi connectivity index (χ4v) is 3.02. The number of nitrogens with two attached hydrogens (primary N) is 1. The van der Waals surface area contributed by atoms with E-state index < -0.39 is 0 Å². The minimum Gasteiger partial charge on any atom is -0.496 e. The van der Waals surface area contributed by atoms with E-state index in [1.165, 1.54) is 36.8 Å². The van der Waals surface area contributed by atoms with Gasteiger partial charge in [0.05, 0.1) is 7.11 Å². The molecule has 0 bridgehead atoms. The first-order valence-electron chi connectivity index (χ1n) is 6.63. The summed E-state index contributed by atoms with van der Waals surface area (Å²) in [6.07, 6.45) is 6.05. The summed E-state index contributed by atoms with van der Waals surface area (Å²) in [5.41, 5.74) is 8.93. The van der Waals surface area contributed by atoms with E-state index in [1.807, 2.05) is 0 Å². The van der Waals surface area contributed by atoms with Gasteiger partial charge in [-0.15, -0.1) is 0 Å². The zero-order valence-corrected chi connectivity index (χ0v) is 11.0. The Hall–Kier alpha value is -1.02. The van der Waals surface area contributed by atoms with Gasteiger partial charge in [0.1, 0.15) is 5.75 Å². The second-order valence-corrected chi connectivity index (χ2v) is 5.08. The maximum atomic E-state index is 6.06. The largest absolute Gasteiger partial charge is 0.496 e. The Morgan fingerprint density at radius 2 is 2.00 bits per heavy atom. The van der Waals surface area contributed by atoms with Gasteiger partial charge >= 0.3 is 0 Å². The molecule has 1 aromatic carbocycles. The molecule has 17 heavy (non-hydrogen) atoms. The van der Waals surface area contributed by atoms with Crippen LogP contribution < -0.4 is 10.5 Å². The average Bonchev–Trinajstić information content (AvgIpc) is 2.88. The number of benzene rings is 1. The SMILES string of the molecule is CCc1ccc(OC)c(C2(CN)CCCC2)c1. The molecule has 0 heterocycles. The van der Waals surface area contributed by atoms with Crippen LogP contribution in [0, 0.1) is 0 Å². The molecule has 0 saturated heterocycles. The standard InChI is InChI=1S/C15H23NO/c1-3-12-6-7-14(17-2)13(10-12)15(11-16)8-4-5-9-15/h6-7,10H,3-5,8-9,11,16H2,1-2H3. The zero-order valence-electron chi connectivity index (χ0n) is 11.0. The predicted octanol–water partition coefficient (Wildman–Crippen LogP) is 3.03. The number of ether oxygens (including phenoxy) is 1. The maximum absolute atomic E-state index is 6.06. The summed E-state index contributed by atoms with van der Waals surface area (Å²) in [5, 5.41) is 0. The number of aryl methyl sites for hydroxylation is 1. The topological polar surface area (TPSA) is 35.2 Å². The van der Waals surface area contributed by atoms with Gasteiger partial charge < -0.3 is 10.5 Å². The summed E-state index contributed by atoms with van der Waals surface area (Å²) in [6.45, 7) is 2.92. The van der Waals surface area contributed by atoms with E-state index >= 15 is 0 Å². The van der Waals surface area contributed by atoms with Crippen LogP contribution in [0.15, 0.2) is 18.2 Å². The van der Waals surface area contributed by atoms with Crippen LogP contribution in [0.2, 0.25) is 0 Å². The molecule has 0 unspecified atom stereocenters. The molecule has 0 radical (unpaired) electrons. The van der Waals surface area contributed by atoms with Gasteiger partial charge in [-0.3, -0.25) is 0 Å². The van der Waals surface area contributed by atoms with Gasteiger partial charge in [0, 0.05) is 17.5 Å². The molecular weight excluding hydrogens is 210 g/mol. The van der Waals surface area contributed by atoms with E-state index in [9.17, 15) is 0 Å². The molecule has 0 aromatic heterocycles. The van der Waals surface area contributed by atoms with Crippen LogP contribution >= 0.6 is 0 Å². The van der Waals surface area contributed by atoms with Gasteiger partial charge in [0.25, 0.3) is 0 Å². The molecule has 1 saturated carbocycles. The lowest BCUT2D eigenvalue weighted by Gasteiger charge is -2.30. The van der Waals surface area contributed by atoms with Crippen molar-refractivity contribution in [1.82, 2.24) is 0 Å². The van der Waals surface area contributed by atoms with Crippen molar-refractivity contribution < 1.29 is 4.74 Å².